The highest BCUT2D eigenvalue weighted by Gasteiger charge is 2.33. The van der Waals surface area contributed by atoms with Crippen molar-refractivity contribution in [2.45, 2.75) is 12.3 Å². The molecule has 0 spiro atoms. The molecule has 0 radical (unpaired) electrons. The molecule has 3 nitrogen and oxygen atoms in total. The Morgan fingerprint density at radius 1 is 1.18 bits per heavy atom. The van der Waals surface area contributed by atoms with Gasteiger partial charge in [0.1, 0.15) is 11.1 Å². The highest BCUT2D eigenvalue weighted by atomic mass is 35.5. The SMILES string of the molecule is CCOc1ccc([C@@H]2SCC(=O)N2c2ccc(Cl)cc2)cc1. The van der Waals surface area contributed by atoms with Crippen LogP contribution in [0, 0.1) is 0 Å². The summed E-state index contributed by atoms with van der Waals surface area (Å²) in [6.45, 7) is 2.61. The van der Waals surface area contributed by atoms with Crippen LogP contribution < -0.4 is 9.64 Å². The maximum atomic E-state index is 12.3. The molecule has 0 saturated carbocycles. The van der Waals surface area contributed by atoms with E-state index in [0.29, 0.717) is 17.4 Å². The molecule has 1 aliphatic heterocycles. The van der Waals surface area contributed by atoms with Crippen molar-refractivity contribution in [2.24, 2.45) is 0 Å². The molecule has 5 heteroatoms. The summed E-state index contributed by atoms with van der Waals surface area (Å²) in [6.07, 6.45) is 0. The maximum absolute atomic E-state index is 12.3. The number of thioether (sulfide) groups is 1. The van der Waals surface area contributed by atoms with E-state index in [9.17, 15) is 4.79 Å². The Morgan fingerprint density at radius 3 is 2.50 bits per heavy atom. The second-order valence-corrected chi connectivity index (χ2v) is 6.41. The Kier molecular flexibility index (Phi) is 4.60. The lowest BCUT2D eigenvalue weighted by Gasteiger charge is -2.24. The molecule has 1 heterocycles. The molecule has 1 saturated heterocycles. The van der Waals surface area contributed by atoms with Gasteiger partial charge in [0.25, 0.3) is 0 Å². The van der Waals surface area contributed by atoms with Crippen LogP contribution in [-0.4, -0.2) is 18.3 Å². The minimum absolute atomic E-state index is 0.00986. The van der Waals surface area contributed by atoms with Crippen LogP contribution in [0.3, 0.4) is 0 Å². The first-order valence-corrected chi connectivity index (χ1v) is 8.53. The largest absolute Gasteiger partial charge is 0.494 e. The van der Waals surface area contributed by atoms with Crippen LogP contribution in [0.4, 0.5) is 5.69 Å². The number of carbonyl (C=O) groups excluding carboxylic acids is 1. The lowest BCUT2D eigenvalue weighted by molar-refractivity contribution is -0.115. The van der Waals surface area contributed by atoms with Crippen LogP contribution in [0.15, 0.2) is 48.5 Å². The number of anilines is 1. The standard InChI is InChI=1S/C17H16ClNO2S/c1-2-21-15-9-3-12(4-10-15)17-19(16(20)11-22-17)14-7-5-13(18)6-8-14/h3-10,17H,2,11H2,1H3/t17-/m0/s1. The van der Waals surface area contributed by atoms with Crippen LogP contribution in [0.2, 0.25) is 5.02 Å². The highest BCUT2D eigenvalue weighted by molar-refractivity contribution is 8.00. The van der Waals surface area contributed by atoms with E-state index >= 15 is 0 Å². The number of carbonyl (C=O) groups is 1. The lowest BCUT2D eigenvalue weighted by Crippen LogP contribution is -2.27. The number of ether oxygens (including phenoxy) is 1. The molecule has 2 aromatic rings. The fourth-order valence-electron chi connectivity index (χ4n) is 2.45. The number of nitrogens with zero attached hydrogens (tertiary/aromatic N) is 1. The Hall–Kier alpha value is -1.65. The van der Waals surface area contributed by atoms with Gasteiger partial charge in [0.2, 0.25) is 5.91 Å². The van der Waals surface area contributed by atoms with E-state index in [-0.39, 0.29) is 11.3 Å². The average Bonchev–Trinajstić information content (AvgIpc) is 2.91. The van der Waals surface area contributed by atoms with Gasteiger partial charge in [-0.15, -0.1) is 11.8 Å². The molecule has 1 amide bonds. The van der Waals surface area contributed by atoms with E-state index in [4.69, 9.17) is 16.3 Å². The van der Waals surface area contributed by atoms with Crippen molar-refractivity contribution in [1.29, 1.82) is 0 Å². The average molecular weight is 334 g/mol. The fourth-order valence-corrected chi connectivity index (χ4v) is 3.75. The van der Waals surface area contributed by atoms with Gasteiger partial charge in [-0.05, 0) is 48.9 Å². The quantitative estimate of drug-likeness (QED) is 0.824. The predicted octanol–water partition coefficient (Wildman–Crippen LogP) is 4.52. The third-order valence-corrected chi connectivity index (χ3v) is 4.91. The molecule has 0 unspecified atom stereocenters. The van der Waals surface area contributed by atoms with Crippen molar-refractivity contribution in [3.05, 3.63) is 59.1 Å². The van der Waals surface area contributed by atoms with E-state index in [0.717, 1.165) is 17.0 Å². The zero-order valence-electron chi connectivity index (χ0n) is 12.2. The molecule has 22 heavy (non-hydrogen) atoms. The van der Waals surface area contributed by atoms with Crippen molar-refractivity contribution in [3.8, 4) is 5.75 Å². The molecule has 2 aromatic carbocycles. The summed E-state index contributed by atoms with van der Waals surface area (Å²) in [7, 11) is 0. The monoisotopic (exact) mass is 333 g/mol. The normalized spacial score (nSPS) is 17.8. The van der Waals surface area contributed by atoms with Gasteiger partial charge >= 0.3 is 0 Å². The number of hydrogen-bond acceptors (Lipinski definition) is 3. The van der Waals surface area contributed by atoms with E-state index in [2.05, 4.69) is 0 Å². The fraction of sp³-hybridized carbons (Fsp3) is 0.235. The summed E-state index contributed by atoms with van der Waals surface area (Å²) in [6, 6.07) is 15.3. The molecule has 114 valence electrons. The molecule has 1 fully saturated rings. The number of amides is 1. The first kappa shape index (κ1) is 15.3. The zero-order chi connectivity index (χ0) is 15.5. The van der Waals surface area contributed by atoms with Gasteiger partial charge in [-0.1, -0.05) is 23.7 Å². The van der Waals surface area contributed by atoms with Crippen molar-refractivity contribution in [1.82, 2.24) is 0 Å². The number of hydrogen-bond donors (Lipinski definition) is 0. The highest BCUT2D eigenvalue weighted by Crippen LogP contribution is 2.42. The summed E-state index contributed by atoms with van der Waals surface area (Å²) in [5, 5.41) is 0.657. The summed E-state index contributed by atoms with van der Waals surface area (Å²) in [4.78, 5) is 14.1. The summed E-state index contributed by atoms with van der Waals surface area (Å²) in [5.74, 6) is 1.45. The Bertz CT molecular complexity index is 657. The molecule has 0 aromatic heterocycles. The minimum atomic E-state index is -0.00986. The van der Waals surface area contributed by atoms with E-state index < -0.39 is 0 Å². The van der Waals surface area contributed by atoms with Crippen molar-refractivity contribution < 1.29 is 9.53 Å². The minimum Gasteiger partial charge on any atom is -0.494 e. The van der Waals surface area contributed by atoms with E-state index in [1.165, 1.54) is 0 Å². The van der Waals surface area contributed by atoms with Crippen LogP contribution in [0.5, 0.6) is 5.75 Å². The summed E-state index contributed by atoms with van der Waals surface area (Å²) >= 11 is 7.57. The molecular formula is C17H16ClNO2S. The molecule has 1 atom stereocenters. The summed E-state index contributed by atoms with van der Waals surface area (Å²) < 4.78 is 5.47. The van der Waals surface area contributed by atoms with Gasteiger partial charge in [0.15, 0.2) is 0 Å². The molecular weight excluding hydrogens is 318 g/mol. The number of rotatable bonds is 4. The van der Waals surface area contributed by atoms with E-state index in [1.54, 1.807) is 11.8 Å². The topological polar surface area (TPSA) is 29.5 Å². The van der Waals surface area contributed by atoms with Crippen LogP contribution in [0.1, 0.15) is 17.9 Å². The third kappa shape index (κ3) is 3.08. The second-order valence-electron chi connectivity index (χ2n) is 4.91. The Labute approximate surface area is 139 Å². The molecule has 0 bridgehead atoms. The van der Waals surface area contributed by atoms with Crippen LogP contribution in [0.25, 0.3) is 0 Å². The Balaban J connectivity index is 1.88. The molecule has 0 N–H and O–H groups in total. The maximum Gasteiger partial charge on any atom is 0.238 e. The first-order chi connectivity index (χ1) is 10.7. The van der Waals surface area contributed by atoms with E-state index in [1.807, 2.05) is 60.4 Å². The van der Waals surface area contributed by atoms with Gasteiger partial charge < -0.3 is 4.74 Å². The van der Waals surface area contributed by atoms with Crippen molar-refractivity contribution in [2.75, 3.05) is 17.3 Å². The van der Waals surface area contributed by atoms with Crippen LogP contribution in [-0.2, 0) is 4.79 Å². The summed E-state index contributed by atoms with van der Waals surface area (Å²) in [5.41, 5.74) is 1.97. The van der Waals surface area contributed by atoms with Gasteiger partial charge in [-0.3, -0.25) is 9.69 Å². The van der Waals surface area contributed by atoms with Crippen molar-refractivity contribution in [3.63, 3.8) is 0 Å². The molecule has 0 aliphatic carbocycles. The zero-order valence-corrected chi connectivity index (χ0v) is 13.7. The predicted molar refractivity (Wildman–Crippen MR) is 91.7 cm³/mol. The lowest BCUT2D eigenvalue weighted by atomic mass is 10.2. The number of halogens is 1. The van der Waals surface area contributed by atoms with Crippen molar-refractivity contribution >= 4 is 35.0 Å². The number of benzene rings is 2. The van der Waals surface area contributed by atoms with Gasteiger partial charge in [0.05, 0.1) is 12.4 Å². The van der Waals surface area contributed by atoms with Gasteiger partial charge in [-0.25, -0.2) is 0 Å². The molecule has 1 aliphatic rings. The Morgan fingerprint density at radius 2 is 1.86 bits per heavy atom. The smallest absolute Gasteiger partial charge is 0.238 e. The first-order valence-electron chi connectivity index (χ1n) is 7.11. The second kappa shape index (κ2) is 6.63. The molecule has 3 rings (SSSR count). The van der Waals surface area contributed by atoms with Crippen LogP contribution >= 0.6 is 23.4 Å². The van der Waals surface area contributed by atoms with Gasteiger partial charge in [0, 0.05) is 10.7 Å². The van der Waals surface area contributed by atoms with Gasteiger partial charge in [-0.2, -0.15) is 0 Å². The third-order valence-electron chi connectivity index (χ3n) is 3.45.